The molecule has 0 aliphatic rings. The van der Waals surface area contributed by atoms with Crippen LogP contribution in [0.1, 0.15) is 0 Å². The lowest BCUT2D eigenvalue weighted by Gasteiger charge is -2.14. The third-order valence-corrected chi connectivity index (χ3v) is 11.4. The molecule has 54 heavy (non-hydrogen) atoms. The first-order valence-electron chi connectivity index (χ1n) is 18.4. The minimum atomic E-state index is 0.920. The summed E-state index contributed by atoms with van der Waals surface area (Å²) in [5.74, 6) is 0. The van der Waals surface area contributed by atoms with Crippen LogP contribution in [0.3, 0.4) is 0 Å². The lowest BCUT2D eigenvalue weighted by atomic mass is 9.92. The first-order valence-corrected chi connectivity index (χ1v) is 18.4. The molecule has 0 unspecified atom stereocenters. The number of fused-ring (bicyclic) bond motifs is 18. The normalized spacial score (nSPS) is 12.1. The molecule has 0 fully saturated rings. The van der Waals surface area contributed by atoms with E-state index in [0.29, 0.717) is 0 Å². The Kier molecular flexibility index (Phi) is 6.05. The van der Waals surface area contributed by atoms with Crippen LogP contribution < -0.4 is 0 Å². The minimum absolute atomic E-state index is 0.920. The molecule has 0 N–H and O–H groups in total. The van der Waals surface area contributed by atoms with Crippen molar-refractivity contribution in [2.24, 2.45) is 0 Å². The molecule has 0 amide bonds. The summed E-state index contributed by atoms with van der Waals surface area (Å²) < 4.78 is 0. The summed E-state index contributed by atoms with van der Waals surface area (Å²) >= 11 is 0. The lowest BCUT2D eigenvalue weighted by Crippen LogP contribution is -1.94. The Morgan fingerprint density at radius 2 is 0.556 bits per heavy atom. The molecule has 0 aliphatic carbocycles. The lowest BCUT2D eigenvalue weighted by molar-refractivity contribution is 1.33. The molecular formula is C51H29N3. The molecule has 3 nitrogen and oxygen atoms in total. The molecule has 0 atom stereocenters. The van der Waals surface area contributed by atoms with Gasteiger partial charge in [-0.3, -0.25) is 4.98 Å². The van der Waals surface area contributed by atoms with E-state index in [1.54, 1.807) is 0 Å². The second-order valence-electron chi connectivity index (χ2n) is 14.3. The van der Waals surface area contributed by atoms with Gasteiger partial charge < -0.3 is 0 Å². The highest BCUT2D eigenvalue weighted by Gasteiger charge is 2.17. The van der Waals surface area contributed by atoms with E-state index in [1.165, 1.54) is 43.1 Å². The van der Waals surface area contributed by atoms with Gasteiger partial charge in [0, 0.05) is 38.9 Å². The van der Waals surface area contributed by atoms with E-state index < -0.39 is 0 Å². The fourth-order valence-corrected chi connectivity index (χ4v) is 8.92. The van der Waals surface area contributed by atoms with Crippen LogP contribution in [0.15, 0.2) is 176 Å². The summed E-state index contributed by atoms with van der Waals surface area (Å²) in [6, 6.07) is 61.0. The number of pyridine rings is 1. The van der Waals surface area contributed by atoms with Gasteiger partial charge in [-0.1, -0.05) is 152 Å². The van der Waals surface area contributed by atoms with Gasteiger partial charge in [-0.05, 0) is 77.6 Å². The molecule has 0 saturated carbocycles. The van der Waals surface area contributed by atoms with Crippen LogP contribution in [0.25, 0.3) is 120 Å². The Balaban J connectivity index is 1.02. The van der Waals surface area contributed by atoms with Gasteiger partial charge in [0.25, 0.3) is 0 Å². The first kappa shape index (κ1) is 29.4. The minimum Gasteiger partial charge on any atom is -0.256 e. The van der Waals surface area contributed by atoms with Gasteiger partial charge in [0.05, 0.1) is 27.8 Å². The summed E-state index contributed by atoms with van der Waals surface area (Å²) in [4.78, 5) is 15.9. The van der Waals surface area contributed by atoms with Crippen molar-refractivity contribution in [3.8, 4) is 22.4 Å². The highest BCUT2D eigenvalue weighted by molar-refractivity contribution is 6.29. The van der Waals surface area contributed by atoms with Gasteiger partial charge in [-0.15, -0.1) is 0 Å². The number of hydrogen-bond donors (Lipinski definition) is 0. The molecule has 0 radical (unpaired) electrons. The highest BCUT2D eigenvalue weighted by Crippen LogP contribution is 2.41. The van der Waals surface area contributed by atoms with Crippen LogP contribution in [0.4, 0.5) is 0 Å². The number of benzene rings is 10. The first-order chi connectivity index (χ1) is 26.8. The largest absolute Gasteiger partial charge is 0.256 e. The molecule has 248 valence electrons. The predicted molar refractivity (Wildman–Crippen MR) is 228 cm³/mol. The van der Waals surface area contributed by atoms with E-state index >= 15 is 0 Å². The number of aromatic nitrogens is 3. The van der Waals surface area contributed by atoms with E-state index in [-0.39, 0.29) is 0 Å². The molecule has 10 aromatic carbocycles. The predicted octanol–water partition coefficient (Wildman–Crippen LogP) is 13.6. The quantitative estimate of drug-likeness (QED) is 0.134. The Morgan fingerprint density at radius 1 is 0.241 bits per heavy atom. The maximum Gasteiger partial charge on any atom is 0.0979 e. The standard InChI is InChI=1S/C51H29N3/c1-2-13-35-33(11-1)34-12-3-4-16-38(34)45-27-30(21-24-40(35)45)32-23-26-47(52-29-32)31-22-25-44-46(28-31)39-17-7-10-20-43(39)50-51(44)54-49-42-19-9-6-15-37(42)36-14-5-8-18-41(36)48(49)53-50/h1-29H. The average Bonchev–Trinajstić information content (AvgIpc) is 3.26. The van der Waals surface area contributed by atoms with Crippen LogP contribution in [0, 0.1) is 0 Å². The van der Waals surface area contributed by atoms with Crippen LogP contribution in [0.2, 0.25) is 0 Å². The van der Waals surface area contributed by atoms with Crippen LogP contribution in [-0.4, -0.2) is 15.0 Å². The Morgan fingerprint density at radius 3 is 1.04 bits per heavy atom. The molecule has 0 bridgehead atoms. The zero-order valence-electron chi connectivity index (χ0n) is 29.1. The van der Waals surface area contributed by atoms with Crippen LogP contribution >= 0.6 is 0 Å². The Bertz CT molecular complexity index is 3510. The van der Waals surface area contributed by atoms with E-state index in [2.05, 4.69) is 170 Å². The molecular weight excluding hydrogens is 655 g/mol. The highest BCUT2D eigenvalue weighted by atomic mass is 14.8. The van der Waals surface area contributed by atoms with E-state index in [4.69, 9.17) is 15.0 Å². The van der Waals surface area contributed by atoms with Crippen molar-refractivity contribution < 1.29 is 0 Å². The summed E-state index contributed by atoms with van der Waals surface area (Å²) in [7, 11) is 0. The van der Waals surface area contributed by atoms with Gasteiger partial charge in [0.15, 0.2) is 0 Å². The number of nitrogens with zero attached hydrogens (tertiary/aromatic N) is 3. The van der Waals surface area contributed by atoms with E-state index in [1.807, 2.05) is 6.20 Å². The van der Waals surface area contributed by atoms with Crippen LogP contribution in [0.5, 0.6) is 0 Å². The Labute approximate surface area is 309 Å². The van der Waals surface area contributed by atoms with Gasteiger partial charge >= 0.3 is 0 Å². The van der Waals surface area contributed by atoms with Crippen molar-refractivity contribution in [3.05, 3.63) is 176 Å². The zero-order valence-corrected chi connectivity index (χ0v) is 29.1. The fourth-order valence-electron chi connectivity index (χ4n) is 8.92. The summed E-state index contributed by atoms with van der Waals surface area (Å²) in [6.45, 7) is 0. The molecule has 0 saturated heterocycles. The maximum absolute atomic E-state index is 5.46. The van der Waals surface area contributed by atoms with Crippen molar-refractivity contribution in [1.29, 1.82) is 0 Å². The summed E-state index contributed by atoms with van der Waals surface area (Å²) in [5, 5.41) is 16.8. The fraction of sp³-hybridized carbons (Fsp3) is 0. The van der Waals surface area contributed by atoms with Crippen LogP contribution in [-0.2, 0) is 0 Å². The van der Waals surface area contributed by atoms with Gasteiger partial charge in [-0.2, -0.15) is 0 Å². The zero-order chi connectivity index (χ0) is 35.3. The second-order valence-corrected chi connectivity index (χ2v) is 14.3. The third-order valence-electron chi connectivity index (χ3n) is 11.4. The smallest absolute Gasteiger partial charge is 0.0979 e. The molecule has 3 heteroatoms. The SMILES string of the molecule is c1ccc2c(c1)c1ccccc1c1cc(-c3ccc(-c4ccc5c(c4)c4ccccc4c4nc6c7ccccc7c7ccccc7c6nc54)nc3)ccc21. The molecule has 0 aliphatic heterocycles. The number of rotatable bonds is 2. The number of hydrogen-bond acceptors (Lipinski definition) is 3. The molecule has 2 aromatic heterocycles. The molecule has 0 spiro atoms. The van der Waals surface area contributed by atoms with E-state index in [0.717, 1.165) is 76.8 Å². The topological polar surface area (TPSA) is 38.7 Å². The molecule has 12 aromatic rings. The molecule has 12 rings (SSSR count). The van der Waals surface area contributed by atoms with E-state index in [9.17, 15) is 0 Å². The maximum atomic E-state index is 5.46. The summed E-state index contributed by atoms with van der Waals surface area (Å²) in [5.41, 5.74) is 7.98. The van der Waals surface area contributed by atoms with Crippen molar-refractivity contribution in [3.63, 3.8) is 0 Å². The molecule has 2 heterocycles. The second kappa shape index (κ2) is 11.1. The summed E-state index contributed by atoms with van der Waals surface area (Å²) in [6.07, 6.45) is 2.01. The van der Waals surface area contributed by atoms with Crippen molar-refractivity contribution >= 4 is 97.5 Å². The monoisotopic (exact) mass is 683 g/mol. The Hall–Kier alpha value is -7.23. The van der Waals surface area contributed by atoms with Gasteiger partial charge in [0.2, 0.25) is 0 Å². The van der Waals surface area contributed by atoms with Gasteiger partial charge in [0.1, 0.15) is 0 Å². The van der Waals surface area contributed by atoms with Gasteiger partial charge in [-0.25, -0.2) is 9.97 Å². The van der Waals surface area contributed by atoms with Crippen molar-refractivity contribution in [2.45, 2.75) is 0 Å². The van der Waals surface area contributed by atoms with Crippen molar-refractivity contribution in [2.75, 3.05) is 0 Å². The average molecular weight is 684 g/mol. The van der Waals surface area contributed by atoms with Crippen molar-refractivity contribution in [1.82, 2.24) is 15.0 Å². The third kappa shape index (κ3) is 4.15.